The molecule has 1 amide bonds. The molecular formula is C49H52N5O16S3+. The number of carbonyl (C=O) groups is 4. The van der Waals surface area contributed by atoms with Crippen LogP contribution < -0.4 is 20.1 Å². The lowest BCUT2D eigenvalue weighted by molar-refractivity contribution is -0.147. The number of fused-ring (bicyclic) bond motifs is 2. The van der Waals surface area contributed by atoms with Crippen molar-refractivity contribution in [3.8, 4) is 22.5 Å². The normalized spacial score (nSPS) is 14.8. The van der Waals surface area contributed by atoms with Gasteiger partial charge in [0.05, 0.1) is 39.8 Å². The van der Waals surface area contributed by atoms with Crippen molar-refractivity contribution in [2.24, 2.45) is 11.8 Å². The van der Waals surface area contributed by atoms with Crippen molar-refractivity contribution in [1.82, 2.24) is 19.1 Å². The number of sulfonamides is 1. The molecule has 7 rings (SSSR count). The van der Waals surface area contributed by atoms with Crippen LogP contribution >= 0.6 is 0 Å². The van der Waals surface area contributed by atoms with E-state index in [1.807, 2.05) is 0 Å². The Morgan fingerprint density at radius 2 is 1.34 bits per heavy atom. The lowest BCUT2D eigenvalue weighted by atomic mass is 9.93. The average molecular weight is 1060 g/mol. The largest absolute Gasteiger partial charge is 0.481 e. The number of amides is 1. The molecule has 2 aliphatic heterocycles. The molecule has 4 aromatic rings. The highest BCUT2D eigenvalue weighted by atomic mass is 32.2. The maximum atomic E-state index is 14.8. The number of carboxylic acid groups (broad SMARTS) is 3. The molecule has 4 aromatic carbocycles. The molecule has 386 valence electrons. The van der Waals surface area contributed by atoms with Crippen molar-refractivity contribution in [2.45, 2.75) is 40.4 Å². The molecule has 2 heterocycles. The summed E-state index contributed by atoms with van der Waals surface area (Å²) in [5, 5.41) is 31.9. The lowest BCUT2D eigenvalue weighted by Gasteiger charge is -2.31. The smallest absolute Gasteiger partial charge is 0.317 e. The van der Waals surface area contributed by atoms with Gasteiger partial charge in [-0.3, -0.25) is 33.2 Å². The monoisotopic (exact) mass is 1060 g/mol. The van der Waals surface area contributed by atoms with Gasteiger partial charge in [-0.25, -0.2) is 8.42 Å². The van der Waals surface area contributed by atoms with Crippen LogP contribution in [0.15, 0.2) is 128 Å². The summed E-state index contributed by atoms with van der Waals surface area (Å²) < 4.78 is 105. The van der Waals surface area contributed by atoms with Gasteiger partial charge in [-0.1, -0.05) is 18.2 Å². The predicted octanol–water partition coefficient (Wildman–Crippen LogP) is 4.67. The molecule has 1 fully saturated rings. The highest BCUT2D eigenvalue weighted by molar-refractivity contribution is 7.89. The summed E-state index contributed by atoms with van der Waals surface area (Å²) in [5.74, 6) is -5.49. The van der Waals surface area contributed by atoms with Crippen molar-refractivity contribution >= 4 is 82.1 Å². The van der Waals surface area contributed by atoms with E-state index in [4.69, 9.17) is 14.6 Å². The number of hydrogen-bond acceptors (Lipinski definition) is 13. The molecule has 0 radical (unpaired) electrons. The van der Waals surface area contributed by atoms with E-state index in [2.05, 4.69) is 5.32 Å². The second kappa shape index (κ2) is 22.0. The van der Waals surface area contributed by atoms with Crippen molar-refractivity contribution < 1.29 is 73.3 Å². The topological polar surface area (TPSA) is 310 Å². The highest BCUT2D eigenvalue weighted by Crippen LogP contribution is 2.44. The fourth-order valence-corrected chi connectivity index (χ4v) is 11.5. The SMILES string of the molecule is CN(c1ccc(S(=O)(=O)O)cc1)c1ccc2c(-c3ccccc3S(=O)(=O)N3CCC(C(=O)NCCCC(CN(CC(=O)O)CC(=O)O)C(=O)O)CC3)c3ccc(=[N+](C)c4ccc(S(=O)(=O)O)cc4)cc-3oc2c1. The summed E-state index contributed by atoms with van der Waals surface area (Å²) in [4.78, 5) is 49.8. The van der Waals surface area contributed by atoms with Gasteiger partial charge < -0.3 is 30.0 Å². The fourth-order valence-electron chi connectivity index (χ4n) is 8.83. The molecule has 0 saturated carbocycles. The van der Waals surface area contributed by atoms with Crippen LogP contribution in [0.2, 0.25) is 0 Å². The molecule has 6 N–H and O–H groups in total. The summed E-state index contributed by atoms with van der Waals surface area (Å²) in [6.45, 7) is -1.53. The third-order valence-electron chi connectivity index (χ3n) is 12.7. The van der Waals surface area contributed by atoms with E-state index in [0.717, 1.165) is 4.90 Å². The van der Waals surface area contributed by atoms with Gasteiger partial charge in [-0.2, -0.15) is 25.7 Å². The Morgan fingerprint density at radius 1 is 0.753 bits per heavy atom. The van der Waals surface area contributed by atoms with Gasteiger partial charge >= 0.3 is 17.9 Å². The molecule has 0 bridgehead atoms. The Morgan fingerprint density at radius 3 is 1.93 bits per heavy atom. The molecule has 1 aliphatic carbocycles. The Hall–Kier alpha value is -7.06. The molecule has 3 aliphatic rings. The zero-order chi connectivity index (χ0) is 53.0. The predicted molar refractivity (Wildman–Crippen MR) is 266 cm³/mol. The minimum atomic E-state index is -4.44. The number of nitrogens with one attached hydrogen (secondary N) is 1. The summed E-state index contributed by atoms with van der Waals surface area (Å²) in [7, 11) is -9.63. The lowest BCUT2D eigenvalue weighted by Crippen LogP contribution is -2.43. The summed E-state index contributed by atoms with van der Waals surface area (Å²) in [5.41, 5.74) is 3.49. The number of aliphatic carboxylic acids is 3. The molecule has 21 nitrogen and oxygen atoms in total. The number of anilines is 2. The fraction of sp³-hybridized carbons (Fsp3) is 0.286. The number of carboxylic acids is 3. The summed E-state index contributed by atoms with van der Waals surface area (Å²) in [6.07, 6.45) is 0.604. The Labute approximate surface area is 420 Å². The maximum Gasteiger partial charge on any atom is 0.317 e. The molecule has 1 saturated heterocycles. The first-order valence-corrected chi connectivity index (χ1v) is 27.0. The van der Waals surface area contributed by atoms with Crippen LogP contribution in [0.3, 0.4) is 0 Å². The van der Waals surface area contributed by atoms with E-state index < -0.39 is 73.1 Å². The molecule has 0 aromatic heterocycles. The quantitative estimate of drug-likeness (QED) is 0.0262. The molecule has 0 spiro atoms. The highest BCUT2D eigenvalue weighted by Gasteiger charge is 2.35. The summed E-state index contributed by atoms with van der Waals surface area (Å²) >= 11 is 0. The van der Waals surface area contributed by atoms with Crippen LogP contribution in [0, 0.1) is 11.8 Å². The van der Waals surface area contributed by atoms with Crippen molar-refractivity contribution in [3.05, 3.63) is 115 Å². The Balaban J connectivity index is 1.17. The number of nitrogens with zero attached hydrogens (tertiary/aromatic N) is 4. The zero-order valence-electron chi connectivity index (χ0n) is 39.4. The van der Waals surface area contributed by atoms with Crippen molar-refractivity contribution in [3.63, 3.8) is 0 Å². The van der Waals surface area contributed by atoms with Gasteiger partial charge in [0.15, 0.2) is 0 Å². The van der Waals surface area contributed by atoms with Crippen LogP contribution in [0.5, 0.6) is 0 Å². The van der Waals surface area contributed by atoms with E-state index >= 15 is 0 Å². The number of benzene rings is 5. The van der Waals surface area contributed by atoms with Crippen LogP contribution in [0.25, 0.3) is 33.4 Å². The third-order valence-corrected chi connectivity index (χ3v) is 16.4. The standard InChI is InChI=1S/C49H51N5O16S3/c1-51(33-9-15-37(16-10-33)72(64,65)66)35-13-19-39-42(26-35)70-43-27-36(52(2)34-11-17-38(18-12-34)73(67,68)69)14-20-40(43)47(39)41-7-3-4-8-44(41)71(62,63)54-24-21-31(22-25-54)48(59)50-23-5-6-32(49(60)61)28-53(29-45(55)56)30-46(57)58/h3-4,7-20,26-27,31-32H,5-6,21-25,28-30H2,1-2H3,(H5-,50,55,56,57,58,59,60,61,64,65,66,67,68,69)/p+1. The molecular weight excluding hydrogens is 1010 g/mol. The molecule has 1 unspecified atom stereocenters. The summed E-state index contributed by atoms with van der Waals surface area (Å²) in [6, 6.07) is 28.3. The Kier molecular flexibility index (Phi) is 16.2. The van der Waals surface area contributed by atoms with Gasteiger partial charge in [0.1, 0.15) is 18.4 Å². The van der Waals surface area contributed by atoms with Crippen molar-refractivity contribution in [1.29, 1.82) is 0 Å². The average Bonchev–Trinajstić information content (AvgIpc) is 3.34. The van der Waals surface area contributed by atoms with Crippen LogP contribution in [-0.4, -0.2) is 136 Å². The molecule has 73 heavy (non-hydrogen) atoms. The second-order valence-electron chi connectivity index (χ2n) is 17.5. The van der Waals surface area contributed by atoms with Gasteiger partial charge in [0.25, 0.3) is 20.2 Å². The van der Waals surface area contributed by atoms with E-state index in [1.54, 1.807) is 78.2 Å². The first-order valence-electron chi connectivity index (χ1n) is 22.6. The number of piperidine rings is 1. The van der Waals surface area contributed by atoms with E-state index in [1.165, 1.54) is 58.9 Å². The minimum absolute atomic E-state index is 0.00622. The number of carbonyl (C=O) groups excluding carboxylic acids is 1. The maximum absolute atomic E-state index is 14.8. The van der Waals surface area contributed by atoms with E-state index in [0.29, 0.717) is 55.8 Å². The number of hydrogen-bond donors (Lipinski definition) is 6. The molecule has 1 atom stereocenters. The third kappa shape index (κ3) is 12.6. The van der Waals surface area contributed by atoms with Gasteiger partial charge in [0.2, 0.25) is 27.0 Å². The van der Waals surface area contributed by atoms with Crippen LogP contribution in [-0.2, 0) is 49.4 Å². The van der Waals surface area contributed by atoms with Crippen LogP contribution in [0.4, 0.5) is 17.1 Å². The zero-order valence-corrected chi connectivity index (χ0v) is 41.8. The van der Waals surface area contributed by atoms with Gasteiger partial charge in [0, 0.05) is 96.9 Å². The Bertz CT molecular complexity index is 3450. The minimum Gasteiger partial charge on any atom is -0.481 e. The van der Waals surface area contributed by atoms with Gasteiger partial charge in [-0.15, -0.1) is 0 Å². The van der Waals surface area contributed by atoms with E-state index in [-0.39, 0.29) is 72.5 Å². The molecule has 24 heteroatoms. The van der Waals surface area contributed by atoms with E-state index in [9.17, 15) is 58.6 Å². The second-order valence-corrected chi connectivity index (χ2v) is 22.2. The van der Waals surface area contributed by atoms with Crippen molar-refractivity contribution in [2.75, 3.05) is 58.3 Å². The number of rotatable bonds is 20. The van der Waals surface area contributed by atoms with Gasteiger partial charge in [-0.05, 0) is 86.3 Å². The van der Waals surface area contributed by atoms with Crippen LogP contribution in [0.1, 0.15) is 25.7 Å². The first-order chi connectivity index (χ1) is 34.4. The first kappa shape index (κ1) is 53.7.